The second-order valence-corrected chi connectivity index (χ2v) is 27.6. The summed E-state index contributed by atoms with van der Waals surface area (Å²) in [6.45, 7) is 13.7. The van der Waals surface area contributed by atoms with Gasteiger partial charge >= 0.3 is 0 Å². The van der Waals surface area contributed by atoms with E-state index in [2.05, 4.69) is 42.5 Å². The number of hydrogen-bond acceptors (Lipinski definition) is 14. The van der Waals surface area contributed by atoms with Gasteiger partial charge in [0.25, 0.3) is 11.8 Å². The van der Waals surface area contributed by atoms with Gasteiger partial charge in [-0.1, -0.05) is 77.9 Å². The fraction of sp³-hybridized carbons (Fsp3) is 0.536. The standard InChI is InChI=1S/C56H76N10O12S2/c1-31(57-9)47(67)63-45(55(3,4)5)53(73)65-29-35(27-41(65)51(71)61-39-23-25-79(75,76)43-17-13-11-15-37(39)43)59-49(69)33-19-21-34(22-20-33)50(70)60-36-28-42(52(72)62-40-24-26-80(77,78)44-18-14-12-16-38(40)44)66(30-36)54(74)46(56(6,7)8)64-48(68)32(2)58-10/h11-22,31-32,35-36,39-42,45-46,57-58H,23-30H2,1-10H3,(H,59,69)(H,60,70)(H,61,71)(H,62,72)(H,63,67)(H,64,68). The number of fused-ring (bicyclic) bond motifs is 2. The molecule has 22 nitrogen and oxygen atoms in total. The summed E-state index contributed by atoms with van der Waals surface area (Å²) in [5.41, 5.74) is -0.518. The number of amides is 8. The Morgan fingerprint density at radius 3 is 1.18 bits per heavy atom. The fourth-order valence-corrected chi connectivity index (χ4v) is 13.9. The van der Waals surface area contributed by atoms with Gasteiger partial charge in [0.1, 0.15) is 24.2 Å². The topological polar surface area (TPSA) is 308 Å². The maximum absolute atomic E-state index is 14.6. The van der Waals surface area contributed by atoms with Crippen LogP contribution < -0.4 is 42.5 Å². The third-order valence-electron chi connectivity index (χ3n) is 15.5. The van der Waals surface area contributed by atoms with E-state index in [9.17, 15) is 55.2 Å². The van der Waals surface area contributed by atoms with E-state index in [1.54, 1.807) is 106 Å². The first kappa shape index (κ1) is 60.9. The van der Waals surface area contributed by atoms with Crippen LogP contribution in [0, 0.1) is 10.8 Å². The van der Waals surface area contributed by atoms with Gasteiger partial charge in [0.2, 0.25) is 35.4 Å². The lowest BCUT2D eigenvalue weighted by molar-refractivity contribution is -0.144. The van der Waals surface area contributed by atoms with E-state index in [0.717, 1.165) is 0 Å². The van der Waals surface area contributed by atoms with Crippen molar-refractivity contribution < 1.29 is 55.2 Å². The first-order chi connectivity index (χ1) is 37.4. The van der Waals surface area contributed by atoms with Crippen molar-refractivity contribution in [3.8, 4) is 0 Å². The van der Waals surface area contributed by atoms with Crippen molar-refractivity contribution in [2.75, 3.05) is 38.7 Å². The minimum absolute atomic E-state index is 0.0259. The molecule has 0 bridgehead atoms. The lowest BCUT2D eigenvalue weighted by Crippen LogP contribution is -2.59. The van der Waals surface area contributed by atoms with Crippen molar-refractivity contribution in [1.29, 1.82) is 0 Å². The highest BCUT2D eigenvalue weighted by atomic mass is 32.2. The first-order valence-electron chi connectivity index (χ1n) is 27.0. The average Bonchev–Trinajstić information content (AvgIpc) is 4.09. The Labute approximate surface area is 468 Å². The Kier molecular flexibility index (Phi) is 18.4. The Morgan fingerprint density at radius 2 is 0.850 bits per heavy atom. The van der Waals surface area contributed by atoms with E-state index in [1.807, 2.05) is 0 Å². The lowest BCUT2D eigenvalue weighted by atomic mass is 9.85. The lowest BCUT2D eigenvalue weighted by Gasteiger charge is -2.36. The van der Waals surface area contributed by atoms with Crippen LogP contribution in [0.2, 0.25) is 0 Å². The maximum atomic E-state index is 14.6. The molecule has 24 heteroatoms. The van der Waals surface area contributed by atoms with Crippen LogP contribution in [0.25, 0.3) is 0 Å². The predicted molar refractivity (Wildman–Crippen MR) is 297 cm³/mol. The van der Waals surface area contributed by atoms with Gasteiger partial charge in [0.15, 0.2) is 19.7 Å². The zero-order valence-corrected chi connectivity index (χ0v) is 48.6. The maximum Gasteiger partial charge on any atom is 0.251 e. The molecule has 10 unspecified atom stereocenters. The van der Waals surface area contributed by atoms with Gasteiger partial charge in [0, 0.05) is 36.3 Å². The number of benzene rings is 3. The number of sulfone groups is 2. The predicted octanol–water partition coefficient (Wildman–Crippen LogP) is 1.43. The van der Waals surface area contributed by atoms with Crippen LogP contribution in [0.3, 0.4) is 0 Å². The fourth-order valence-electron chi connectivity index (χ4n) is 10.6. The van der Waals surface area contributed by atoms with Gasteiger partial charge in [-0.25, -0.2) is 16.8 Å². The zero-order valence-electron chi connectivity index (χ0n) is 47.0. The molecule has 3 aromatic carbocycles. The SMILES string of the molecule is CNC(C)C(=O)NC(C(=O)N1CC(NC(=O)c2ccc(C(=O)NC3CC(C(=O)NC4CCS(=O)(=O)c5ccccc54)N(C(=O)C(NC(=O)C(C)NC)C(C)(C)C)C3)cc2)CC1C(=O)NC1CCS(=O)(=O)c2ccccc21)C(C)(C)C. The van der Waals surface area contributed by atoms with E-state index < -0.39 is 138 Å². The van der Waals surface area contributed by atoms with Gasteiger partial charge < -0.3 is 52.3 Å². The molecule has 2 fully saturated rings. The molecule has 4 aliphatic heterocycles. The molecule has 0 aliphatic carbocycles. The van der Waals surface area contributed by atoms with Crippen LogP contribution in [0.4, 0.5) is 0 Å². The molecule has 3 aromatic rings. The molecule has 7 rings (SSSR count). The van der Waals surface area contributed by atoms with Gasteiger partial charge in [-0.05, 0) is 112 Å². The Morgan fingerprint density at radius 1 is 0.512 bits per heavy atom. The van der Waals surface area contributed by atoms with E-state index in [-0.39, 0.29) is 71.2 Å². The molecule has 4 aliphatic rings. The summed E-state index contributed by atoms with van der Waals surface area (Å²) in [4.78, 5) is 115. The summed E-state index contributed by atoms with van der Waals surface area (Å²) < 4.78 is 51.8. The molecular weight excluding hydrogens is 1070 g/mol. The summed E-state index contributed by atoms with van der Waals surface area (Å²) in [5.74, 6) is -4.67. The minimum Gasteiger partial charge on any atom is -0.347 e. The number of hydrogen-bond donors (Lipinski definition) is 8. The third kappa shape index (κ3) is 13.5. The summed E-state index contributed by atoms with van der Waals surface area (Å²) in [6, 6.07) is 9.91. The molecule has 80 heavy (non-hydrogen) atoms. The molecule has 10 atom stereocenters. The molecule has 4 heterocycles. The number of carbonyl (C=O) groups excluding carboxylic acids is 8. The molecule has 0 spiro atoms. The summed E-state index contributed by atoms with van der Waals surface area (Å²) in [5, 5.41) is 23.2. The number of rotatable bonds is 16. The highest BCUT2D eigenvalue weighted by molar-refractivity contribution is 7.91. The monoisotopic (exact) mass is 1140 g/mol. The van der Waals surface area contributed by atoms with Crippen LogP contribution in [0.5, 0.6) is 0 Å². The smallest absolute Gasteiger partial charge is 0.251 e. The second-order valence-electron chi connectivity index (χ2n) is 23.5. The number of likely N-dealkylation sites (N-methyl/N-ethyl adjacent to an activating group) is 2. The summed E-state index contributed by atoms with van der Waals surface area (Å²) in [7, 11) is -3.95. The Balaban J connectivity index is 1.08. The van der Waals surface area contributed by atoms with Crippen molar-refractivity contribution in [3.05, 3.63) is 95.1 Å². The first-order valence-corrected chi connectivity index (χ1v) is 30.3. The normalized spacial score (nSPS) is 23.6. The van der Waals surface area contributed by atoms with E-state index in [4.69, 9.17) is 0 Å². The number of carbonyl (C=O) groups is 8. The zero-order chi connectivity index (χ0) is 58.8. The van der Waals surface area contributed by atoms with Crippen molar-refractivity contribution >= 4 is 66.9 Å². The largest absolute Gasteiger partial charge is 0.347 e. The second kappa shape index (κ2) is 24.1. The van der Waals surface area contributed by atoms with Gasteiger partial charge in [0.05, 0.1) is 45.5 Å². The number of nitrogens with zero attached hydrogens (tertiary/aromatic N) is 2. The van der Waals surface area contributed by atoms with Gasteiger partial charge in [-0.3, -0.25) is 38.4 Å². The van der Waals surface area contributed by atoms with E-state index >= 15 is 0 Å². The highest BCUT2D eigenvalue weighted by Crippen LogP contribution is 2.35. The summed E-state index contributed by atoms with van der Waals surface area (Å²) >= 11 is 0. The van der Waals surface area contributed by atoms with Crippen molar-refractivity contribution in [2.24, 2.45) is 10.8 Å². The van der Waals surface area contributed by atoms with Crippen LogP contribution in [-0.4, -0.2) is 161 Å². The number of nitrogens with one attached hydrogen (secondary N) is 8. The quantitative estimate of drug-likeness (QED) is 0.101. The van der Waals surface area contributed by atoms with E-state index in [1.165, 1.54) is 46.2 Å². The molecule has 8 amide bonds. The van der Waals surface area contributed by atoms with Crippen LogP contribution in [0.1, 0.15) is 125 Å². The number of likely N-dealkylation sites (tertiary alicyclic amines) is 2. The van der Waals surface area contributed by atoms with Crippen LogP contribution >= 0.6 is 0 Å². The van der Waals surface area contributed by atoms with E-state index in [0.29, 0.717) is 11.1 Å². The summed E-state index contributed by atoms with van der Waals surface area (Å²) in [6.07, 6.45) is 0.147. The molecule has 434 valence electrons. The minimum atomic E-state index is -3.58. The Bertz CT molecular complexity index is 2920. The van der Waals surface area contributed by atoms with Gasteiger partial charge in [-0.2, -0.15) is 0 Å². The average molecular weight is 1150 g/mol. The molecular formula is C56H76N10O12S2. The molecule has 0 saturated carbocycles. The van der Waals surface area contributed by atoms with Crippen molar-refractivity contribution in [3.63, 3.8) is 0 Å². The molecule has 0 aromatic heterocycles. The van der Waals surface area contributed by atoms with Gasteiger partial charge in [-0.15, -0.1) is 0 Å². The van der Waals surface area contributed by atoms with Crippen molar-refractivity contribution in [1.82, 2.24) is 52.3 Å². The molecule has 0 radical (unpaired) electrons. The molecule has 2 saturated heterocycles. The highest BCUT2D eigenvalue weighted by Gasteiger charge is 2.48. The molecule has 8 N–H and O–H groups in total. The Hall–Kier alpha value is -6.76. The van der Waals surface area contributed by atoms with Crippen molar-refractivity contribution in [2.45, 2.75) is 151 Å². The van der Waals surface area contributed by atoms with Crippen LogP contribution in [-0.2, 0) is 48.4 Å². The third-order valence-corrected chi connectivity index (χ3v) is 19.2. The van der Waals surface area contributed by atoms with Crippen LogP contribution in [0.15, 0.2) is 82.6 Å².